The standard InChI is InChI=1S/C80H84N2O4/c1-3-85-79(83)78(80(84)86-4-2)77-75-53-65(63-33-47-71(48-34-63)81(67-39-25-59(26-40-67)55-17-9-5-10-18-55)68-41-27-60(28-42-68)56-19-11-6-12-20-56)37-51-73(75)74-52-38-66(54-76(74)77)64-35-49-72(50-36-64)82(69-43-29-61(30-44-69)57-21-13-7-14-22-57)70-45-31-62(32-46-70)58-23-15-8-16-24-58/h25-58H,3-24H2,1-2H3. The largest absolute Gasteiger partial charge is 0.462 e. The van der Waals surface area contributed by atoms with Gasteiger partial charge in [-0.05, 0) is 241 Å². The van der Waals surface area contributed by atoms with Crippen molar-refractivity contribution in [2.75, 3.05) is 23.0 Å². The third kappa shape index (κ3) is 12.1. The summed E-state index contributed by atoms with van der Waals surface area (Å²) in [6.07, 6.45) is 26.1. The van der Waals surface area contributed by atoms with Crippen molar-refractivity contribution in [3.05, 3.63) is 221 Å². The van der Waals surface area contributed by atoms with E-state index in [1.165, 1.54) is 151 Å². The second kappa shape index (κ2) is 26.3. The Morgan fingerprint density at radius 1 is 0.314 bits per heavy atom. The number of hydrogen-bond donors (Lipinski definition) is 0. The van der Waals surface area contributed by atoms with Gasteiger partial charge < -0.3 is 19.3 Å². The number of carbonyl (C=O) groups is 2. The van der Waals surface area contributed by atoms with Crippen LogP contribution in [0.2, 0.25) is 0 Å². The lowest BCUT2D eigenvalue weighted by Crippen LogP contribution is -2.20. The van der Waals surface area contributed by atoms with E-state index in [4.69, 9.17) is 9.47 Å². The number of nitrogens with zero attached hydrogens (tertiary/aromatic N) is 2. The Bertz CT molecular complexity index is 3280. The maximum atomic E-state index is 14.3. The van der Waals surface area contributed by atoms with Gasteiger partial charge in [0.05, 0.1) is 13.2 Å². The molecule has 0 unspecified atom stereocenters. The van der Waals surface area contributed by atoms with Gasteiger partial charge in [-0.1, -0.05) is 174 Å². The van der Waals surface area contributed by atoms with Gasteiger partial charge in [-0.3, -0.25) is 0 Å². The van der Waals surface area contributed by atoms with Crippen LogP contribution in [0.1, 0.15) is 199 Å². The monoisotopic (exact) mass is 1140 g/mol. The highest BCUT2D eigenvalue weighted by Gasteiger charge is 2.35. The van der Waals surface area contributed by atoms with E-state index in [2.05, 4.69) is 192 Å². The molecule has 8 aromatic rings. The minimum absolute atomic E-state index is 0.0898. The van der Waals surface area contributed by atoms with Gasteiger partial charge in [-0.15, -0.1) is 0 Å². The summed E-state index contributed by atoms with van der Waals surface area (Å²) in [6.45, 7) is 3.77. The SMILES string of the molecule is CCOC(=O)C(C(=O)OCC)=C1c2cc(-c3ccc(N(c4ccc(C5CCCCC5)cc4)c4ccc(C5CCCCC5)cc4)cc3)ccc2-c2ccc(-c3ccc(N(c4ccc(C5CCCCC5)cc4)c4ccc(C5CCCCC5)cc4)cc3)cc21. The average Bonchev–Trinajstić information content (AvgIpc) is 1.74. The van der Waals surface area contributed by atoms with Crippen LogP contribution in [0.15, 0.2) is 188 Å². The van der Waals surface area contributed by atoms with E-state index in [1.54, 1.807) is 13.8 Å². The summed E-state index contributed by atoms with van der Waals surface area (Å²) in [4.78, 5) is 33.3. The first-order chi connectivity index (χ1) is 42.4. The third-order valence-corrected chi connectivity index (χ3v) is 19.9. The fraction of sp³-hybridized carbons (Fsp3) is 0.350. The zero-order valence-corrected chi connectivity index (χ0v) is 50.7. The highest BCUT2D eigenvalue weighted by molar-refractivity contribution is 6.25. The van der Waals surface area contributed by atoms with Gasteiger partial charge in [-0.25, -0.2) is 9.59 Å². The number of benzene rings is 8. The Balaban J connectivity index is 0.834. The van der Waals surface area contributed by atoms with Gasteiger partial charge in [0.1, 0.15) is 0 Å². The quantitative estimate of drug-likeness (QED) is 0.0416. The van der Waals surface area contributed by atoms with Gasteiger partial charge in [0.25, 0.3) is 0 Å². The Morgan fingerprint density at radius 2 is 0.558 bits per heavy atom. The van der Waals surface area contributed by atoms with Gasteiger partial charge in [0.2, 0.25) is 0 Å². The highest BCUT2D eigenvalue weighted by atomic mass is 16.6. The van der Waals surface area contributed by atoms with Crippen LogP contribution in [0.5, 0.6) is 0 Å². The van der Waals surface area contributed by atoms with E-state index in [9.17, 15) is 9.59 Å². The van der Waals surface area contributed by atoms with Crippen molar-refractivity contribution in [3.63, 3.8) is 0 Å². The van der Waals surface area contributed by atoms with E-state index in [0.717, 1.165) is 78.6 Å². The van der Waals surface area contributed by atoms with Crippen molar-refractivity contribution in [2.45, 2.75) is 166 Å². The topological polar surface area (TPSA) is 59.1 Å². The Labute approximate surface area is 511 Å². The fourth-order valence-electron chi connectivity index (χ4n) is 15.3. The Morgan fingerprint density at radius 3 is 0.814 bits per heavy atom. The number of ether oxygens (including phenoxy) is 2. The first-order valence-corrected chi connectivity index (χ1v) is 33.0. The second-order valence-corrected chi connectivity index (χ2v) is 25.2. The van der Waals surface area contributed by atoms with Crippen molar-refractivity contribution >= 4 is 51.6 Å². The lowest BCUT2D eigenvalue weighted by Gasteiger charge is -2.28. The molecule has 4 saturated carbocycles. The molecule has 438 valence electrons. The van der Waals surface area contributed by atoms with E-state index >= 15 is 0 Å². The molecule has 86 heavy (non-hydrogen) atoms. The summed E-state index contributed by atoms with van der Waals surface area (Å²) in [5.41, 5.74) is 20.4. The lowest BCUT2D eigenvalue weighted by molar-refractivity contribution is -0.146. The predicted octanol–water partition coefficient (Wildman–Crippen LogP) is 22.1. The van der Waals surface area contributed by atoms with E-state index in [0.29, 0.717) is 29.2 Å². The highest BCUT2D eigenvalue weighted by Crippen LogP contribution is 2.50. The molecule has 0 spiro atoms. The summed E-state index contributed by atoms with van der Waals surface area (Å²) >= 11 is 0. The second-order valence-electron chi connectivity index (χ2n) is 25.2. The molecule has 6 nitrogen and oxygen atoms in total. The van der Waals surface area contributed by atoms with Crippen molar-refractivity contribution in [1.29, 1.82) is 0 Å². The molecule has 8 aromatic carbocycles. The molecule has 0 N–H and O–H groups in total. The lowest BCUT2D eigenvalue weighted by atomic mass is 9.84. The van der Waals surface area contributed by atoms with Gasteiger partial charge >= 0.3 is 11.9 Å². The van der Waals surface area contributed by atoms with Crippen LogP contribution in [0.3, 0.4) is 0 Å². The van der Waals surface area contributed by atoms with Gasteiger partial charge in [0.15, 0.2) is 5.57 Å². The smallest absolute Gasteiger partial charge is 0.346 e. The minimum Gasteiger partial charge on any atom is -0.462 e. The molecule has 0 bridgehead atoms. The number of carbonyl (C=O) groups excluding carboxylic acids is 2. The number of rotatable bonds is 16. The predicted molar refractivity (Wildman–Crippen MR) is 355 cm³/mol. The van der Waals surface area contributed by atoms with Crippen LogP contribution >= 0.6 is 0 Å². The van der Waals surface area contributed by atoms with Gasteiger partial charge in [0, 0.05) is 39.7 Å². The zero-order valence-electron chi connectivity index (χ0n) is 50.7. The van der Waals surface area contributed by atoms with Crippen molar-refractivity contribution < 1.29 is 19.1 Å². The molecule has 0 amide bonds. The molecule has 0 saturated heterocycles. The molecule has 0 aromatic heterocycles. The summed E-state index contributed by atoms with van der Waals surface area (Å²) < 4.78 is 11.4. The molecule has 0 heterocycles. The third-order valence-electron chi connectivity index (χ3n) is 19.9. The summed E-state index contributed by atoms with van der Waals surface area (Å²) in [7, 11) is 0. The van der Waals surface area contributed by atoms with Crippen molar-refractivity contribution in [1.82, 2.24) is 0 Å². The number of anilines is 6. The molecule has 6 heteroatoms. The summed E-state index contributed by atoms with van der Waals surface area (Å²) in [5.74, 6) is 1.16. The maximum absolute atomic E-state index is 14.3. The molecular formula is C80H84N2O4. The molecule has 0 radical (unpaired) electrons. The van der Waals surface area contributed by atoms with E-state index < -0.39 is 11.9 Å². The number of fused-ring (bicyclic) bond motifs is 3. The van der Waals surface area contributed by atoms with Crippen LogP contribution in [0.4, 0.5) is 34.1 Å². The first-order valence-electron chi connectivity index (χ1n) is 33.0. The molecule has 0 aliphatic heterocycles. The molecule has 4 fully saturated rings. The van der Waals surface area contributed by atoms with Crippen molar-refractivity contribution in [3.8, 4) is 33.4 Å². The molecule has 5 aliphatic carbocycles. The minimum atomic E-state index is -0.693. The molecule has 5 aliphatic rings. The number of hydrogen-bond acceptors (Lipinski definition) is 6. The maximum Gasteiger partial charge on any atom is 0.346 e. The normalized spacial score (nSPS) is 16.7. The van der Waals surface area contributed by atoms with Crippen molar-refractivity contribution in [2.24, 2.45) is 0 Å². The average molecular weight is 1140 g/mol. The van der Waals surface area contributed by atoms with Crippen LogP contribution in [0, 0.1) is 0 Å². The summed E-state index contributed by atoms with van der Waals surface area (Å²) in [6, 6.07) is 67.9. The van der Waals surface area contributed by atoms with Crippen LogP contribution in [0.25, 0.3) is 39.0 Å². The fourth-order valence-corrected chi connectivity index (χ4v) is 15.3. The van der Waals surface area contributed by atoms with Crippen LogP contribution in [-0.4, -0.2) is 25.2 Å². The number of esters is 2. The zero-order chi connectivity index (χ0) is 58.3. The molecular weight excluding hydrogens is 1050 g/mol. The Hall–Kier alpha value is -7.96. The summed E-state index contributed by atoms with van der Waals surface area (Å²) in [5, 5.41) is 0. The Kier molecular flexibility index (Phi) is 17.5. The molecule has 13 rings (SSSR count). The van der Waals surface area contributed by atoms with Crippen LogP contribution in [-0.2, 0) is 19.1 Å². The van der Waals surface area contributed by atoms with Gasteiger partial charge in [-0.2, -0.15) is 0 Å². The first kappa shape index (κ1) is 57.1. The molecule has 0 atom stereocenters. The van der Waals surface area contributed by atoms with E-state index in [1.807, 2.05) is 0 Å². The van der Waals surface area contributed by atoms with E-state index in [-0.39, 0.29) is 18.8 Å². The van der Waals surface area contributed by atoms with Crippen LogP contribution < -0.4 is 9.80 Å².